The Morgan fingerprint density at radius 2 is 1.68 bits per heavy atom. The van der Waals surface area contributed by atoms with Crippen LogP contribution < -0.4 is 14.6 Å². The van der Waals surface area contributed by atoms with Gasteiger partial charge in [-0.05, 0) is 58.0 Å². The van der Waals surface area contributed by atoms with Crippen LogP contribution in [-0.2, 0) is 30.5 Å². The summed E-state index contributed by atoms with van der Waals surface area (Å²) in [5, 5.41) is 6.20. The minimum atomic E-state index is -4.69. The van der Waals surface area contributed by atoms with Crippen molar-refractivity contribution in [3.63, 3.8) is 0 Å². The lowest BCUT2D eigenvalue weighted by molar-refractivity contribution is -0.168. The molecule has 0 bridgehead atoms. The van der Waals surface area contributed by atoms with Gasteiger partial charge in [-0.15, -0.1) is 0 Å². The highest BCUT2D eigenvalue weighted by molar-refractivity contribution is 7.90. The Hall–Kier alpha value is -4.67. The fourth-order valence-corrected chi connectivity index (χ4v) is 5.11. The maximum atomic E-state index is 13.5. The number of carbonyl (C=O) groups is 2. The number of carbonyl (C=O) groups excluding carboxylic acids is 2. The Kier molecular flexibility index (Phi) is 7.77. The van der Waals surface area contributed by atoms with E-state index in [4.69, 9.17) is 14.2 Å². The van der Waals surface area contributed by atoms with E-state index in [1.807, 2.05) is 11.6 Å². The second kappa shape index (κ2) is 11.1. The first-order valence-corrected chi connectivity index (χ1v) is 14.8. The Balaban J connectivity index is 1.20. The van der Waals surface area contributed by atoms with E-state index in [0.717, 1.165) is 21.3 Å². The zero-order valence-electron chi connectivity index (χ0n) is 24.0. The van der Waals surface area contributed by atoms with E-state index in [0.29, 0.717) is 5.56 Å². The Morgan fingerprint density at radius 3 is 2.27 bits per heavy atom. The van der Waals surface area contributed by atoms with Crippen LogP contribution in [0.1, 0.15) is 32.0 Å². The molecule has 1 aliphatic heterocycles. The number of alkyl halides is 3. The molecule has 44 heavy (non-hydrogen) atoms. The molecule has 1 aliphatic rings. The first-order valence-electron chi connectivity index (χ1n) is 13.3. The van der Waals surface area contributed by atoms with E-state index < -0.39 is 51.9 Å². The summed E-state index contributed by atoms with van der Waals surface area (Å²) >= 11 is 0. The lowest BCUT2D eigenvalue weighted by atomic mass is 9.98. The van der Waals surface area contributed by atoms with Crippen LogP contribution in [0.25, 0.3) is 16.9 Å². The molecular weight excluding hydrogens is 609 g/mol. The molecule has 236 valence electrons. The summed E-state index contributed by atoms with van der Waals surface area (Å²) in [7, 11) is -4.29. The van der Waals surface area contributed by atoms with Crippen molar-refractivity contribution in [2.75, 3.05) is 24.9 Å². The molecule has 1 saturated heterocycles. The lowest BCUT2D eigenvalue weighted by Crippen LogP contribution is -2.58. The third-order valence-electron chi connectivity index (χ3n) is 6.67. The van der Waals surface area contributed by atoms with Crippen LogP contribution in [-0.4, -0.2) is 59.9 Å². The third kappa shape index (κ3) is 6.61. The fraction of sp³-hybridized carbons (Fsp3) is 0.370. The second-order valence-electron chi connectivity index (χ2n) is 11.2. The van der Waals surface area contributed by atoms with Gasteiger partial charge in [0.15, 0.2) is 5.69 Å². The van der Waals surface area contributed by atoms with E-state index in [9.17, 15) is 31.2 Å². The highest BCUT2D eigenvalue weighted by Gasteiger charge is 2.40. The van der Waals surface area contributed by atoms with Crippen LogP contribution in [0.15, 0.2) is 64.1 Å². The van der Waals surface area contributed by atoms with Crippen LogP contribution >= 0.6 is 0 Å². The molecule has 0 atom stereocenters. The standard InChI is InChI=1S/C27H29F3N6O7S/c1-17-5-7-18(8-6-17)22-13-23(27(28,29)30)31-34(22)20-9-11-21(12-10-20)44(39,40)32-24(37)19-14-33(15-19)35-36(43-35)42-16-41-25(38)26(2,3)4/h5-13,19H,14-16H2,1-4H3,(H,32,37). The molecule has 17 heteroatoms. The highest BCUT2D eigenvalue weighted by atomic mass is 32.2. The summed E-state index contributed by atoms with van der Waals surface area (Å²) in [6.07, 6.45) is -4.69. The number of esters is 1. The molecule has 0 aliphatic carbocycles. The van der Waals surface area contributed by atoms with E-state index in [2.05, 4.69) is 5.10 Å². The minimum Gasteiger partial charge on any atom is -0.425 e. The van der Waals surface area contributed by atoms with Crippen LogP contribution in [0.3, 0.4) is 0 Å². The average molecular weight is 639 g/mol. The minimum absolute atomic E-state index is 0.116. The molecule has 2 aromatic heterocycles. The quantitative estimate of drug-likeness (QED) is 0.216. The maximum absolute atomic E-state index is 13.5. The second-order valence-corrected chi connectivity index (χ2v) is 12.9. The van der Waals surface area contributed by atoms with Crippen molar-refractivity contribution in [3.05, 3.63) is 65.9 Å². The molecule has 0 saturated carbocycles. The van der Waals surface area contributed by atoms with Gasteiger partial charge >= 0.3 is 12.1 Å². The summed E-state index contributed by atoms with van der Waals surface area (Å²) in [4.78, 5) is 30.4. The topological polar surface area (TPSA) is 143 Å². The van der Waals surface area contributed by atoms with E-state index in [1.54, 1.807) is 50.0 Å². The zero-order valence-corrected chi connectivity index (χ0v) is 24.8. The van der Waals surface area contributed by atoms with Gasteiger partial charge in [-0.3, -0.25) is 14.6 Å². The van der Waals surface area contributed by atoms with Gasteiger partial charge in [0, 0.05) is 10.5 Å². The molecule has 4 aromatic rings. The van der Waals surface area contributed by atoms with Crippen molar-refractivity contribution < 1.29 is 45.4 Å². The van der Waals surface area contributed by atoms with Crippen LogP contribution in [0.4, 0.5) is 13.2 Å². The molecule has 0 radical (unpaired) electrons. The first kappa shape index (κ1) is 30.8. The summed E-state index contributed by atoms with van der Waals surface area (Å²) in [6, 6.07) is 12.7. The number of benzene rings is 2. The van der Waals surface area contributed by atoms with Gasteiger partial charge in [0.25, 0.3) is 16.8 Å². The zero-order chi connectivity index (χ0) is 32.0. The summed E-state index contributed by atoms with van der Waals surface area (Å²) in [5.74, 6) is -1.90. The Bertz CT molecular complexity index is 1750. The number of amides is 1. The summed E-state index contributed by atoms with van der Waals surface area (Å²) in [6.45, 7) is 6.76. The van der Waals surface area contributed by atoms with Crippen LogP contribution in [0.2, 0.25) is 0 Å². The number of nitrogens with one attached hydrogen (secondary N) is 1. The lowest BCUT2D eigenvalue weighted by Gasteiger charge is -2.34. The highest BCUT2D eigenvalue weighted by Crippen LogP contribution is 2.33. The molecule has 2 aromatic carbocycles. The largest absolute Gasteiger partial charge is 0.435 e. The Labute approximate surface area is 249 Å². The number of halogens is 3. The van der Waals surface area contributed by atoms with Gasteiger partial charge in [-0.1, -0.05) is 29.8 Å². The molecule has 1 N–H and O–H groups in total. The number of sulfonamides is 1. The Morgan fingerprint density at radius 1 is 1.05 bits per heavy atom. The third-order valence-corrected chi connectivity index (χ3v) is 8.03. The molecule has 1 amide bonds. The first-order chi connectivity index (χ1) is 20.5. The summed E-state index contributed by atoms with van der Waals surface area (Å²) in [5.41, 5.74) is -0.0285. The van der Waals surface area contributed by atoms with E-state index in [1.165, 1.54) is 29.2 Å². The molecule has 3 heterocycles. The van der Waals surface area contributed by atoms with Crippen molar-refractivity contribution in [2.45, 2.75) is 38.8 Å². The normalized spacial score (nSPS) is 14.4. The molecule has 1 fully saturated rings. The number of hydrogen-bond acceptors (Lipinski definition) is 9. The van der Waals surface area contributed by atoms with E-state index >= 15 is 0 Å². The summed E-state index contributed by atoms with van der Waals surface area (Å²) < 4.78 is 79.4. The molecule has 13 nitrogen and oxygen atoms in total. The van der Waals surface area contributed by atoms with Crippen molar-refractivity contribution >= 4 is 21.9 Å². The van der Waals surface area contributed by atoms with Crippen molar-refractivity contribution in [2.24, 2.45) is 11.3 Å². The van der Waals surface area contributed by atoms with Crippen molar-refractivity contribution in [1.29, 1.82) is 0 Å². The van der Waals surface area contributed by atoms with Gasteiger partial charge in [-0.25, -0.2) is 17.8 Å². The predicted molar refractivity (Wildman–Crippen MR) is 147 cm³/mol. The maximum Gasteiger partial charge on any atom is 0.435 e. The molecular formula is C27H29F3N6O7S. The van der Waals surface area contributed by atoms with Crippen LogP contribution in [0, 0.1) is 18.3 Å². The van der Waals surface area contributed by atoms with E-state index in [-0.39, 0.29) is 29.4 Å². The number of aromatic nitrogens is 4. The molecule has 0 spiro atoms. The number of aryl methyl sites for hydroxylation is 1. The SMILES string of the molecule is Cc1ccc(-c2cc(C(F)(F)F)nn2-c2ccc(S(=O)(=O)NC(=O)C3CN(n4on4OCOC(=O)C(C)(C)C)C3)cc2)cc1. The number of nitrogens with zero attached hydrogens (tertiary/aromatic N) is 5. The van der Waals surface area contributed by atoms with Gasteiger partial charge < -0.3 is 9.57 Å². The molecule has 5 rings (SSSR count). The van der Waals surface area contributed by atoms with Gasteiger partial charge in [0.05, 0.1) is 40.7 Å². The van der Waals surface area contributed by atoms with Gasteiger partial charge in [-0.2, -0.15) is 22.9 Å². The van der Waals surface area contributed by atoms with Gasteiger partial charge in [0.2, 0.25) is 5.91 Å². The van der Waals surface area contributed by atoms with Crippen molar-refractivity contribution in [1.82, 2.24) is 24.5 Å². The van der Waals surface area contributed by atoms with Crippen LogP contribution in [0.5, 0.6) is 0 Å². The van der Waals surface area contributed by atoms with Gasteiger partial charge in [0.1, 0.15) is 5.02 Å². The average Bonchev–Trinajstić information content (AvgIpc) is 3.50. The van der Waals surface area contributed by atoms with Crippen molar-refractivity contribution in [3.8, 4) is 16.9 Å². The fourth-order valence-electron chi connectivity index (χ4n) is 4.06. The number of rotatable bonds is 9. The monoisotopic (exact) mass is 638 g/mol. The number of hydrogen-bond donors (Lipinski definition) is 1. The number of ether oxygens (including phenoxy) is 1. The molecule has 0 unspecified atom stereocenters. The smallest absolute Gasteiger partial charge is 0.425 e. The predicted octanol–water partition coefficient (Wildman–Crippen LogP) is 3.11.